The Bertz CT molecular complexity index is 443. The second kappa shape index (κ2) is 4.69. The minimum absolute atomic E-state index is 0.259. The molecular weight excluding hydrogens is 262 g/mol. The van der Waals surface area contributed by atoms with Gasteiger partial charge in [0.25, 0.3) is 10.2 Å². The third-order valence-electron chi connectivity index (χ3n) is 5.21. The van der Waals surface area contributed by atoms with Gasteiger partial charge in [-0.15, -0.1) is 0 Å². The van der Waals surface area contributed by atoms with Crippen molar-refractivity contribution in [1.82, 2.24) is 13.9 Å². The van der Waals surface area contributed by atoms with Crippen LogP contribution in [0.1, 0.15) is 33.1 Å². The molecule has 0 bridgehead atoms. The minimum atomic E-state index is -3.27. The monoisotopic (exact) mass is 287 g/mol. The van der Waals surface area contributed by atoms with Crippen LogP contribution in [0.4, 0.5) is 0 Å². The van der Waals surface area contributed by atoms with E-state index >= 15 is 0 Å². The van der Waals surface area contributed by atoms with Crippen molar-refractivity contribution in [2.75, 3.05) is 32.7 Å². The maximum Gasteiger partial charge on any atom is 0.282 e. The molecule has 3 heterocycles. The lowest BCUT2D eigenvalue weighted by atomic mass is 9.85. The molecular formula is C13H25N3O2S. The van der Waals surface area contributed by atoms with Gasteiger partial charge in [-0.2, -0.15) is 17.0 Å². The average molecular weight is 287 g/mol. The van der Waals surface area contributed by atoms with Crippen LogP contribution in [0.15, 0.2) is 0 Å². The Hall–Kier alpha value is -0.170. The van der Waals surface area contributed by atoms with Crippen LogP contribution in [-0.4, -0.2) is 55.3 Å². The summed E-state index contributed by atoms with van der Waals surface area (Å²) in [5.41, 5.74) is -0.259. The van der Waals surface area contributed by atoms with Gasteiger partial charge in [-0.1, -0.05) is 6.42 Å². The molecule has 19 heavy (non-hydrogen) atoms. The molecule has 0 radical (unpaired) electrons. The van der Waals surface area contributed by atoms with Gasteiger partial charge < -0.3 is 5.32 Å². The number of piperidine rings is 1. The Morgan fingerprint density at radius 1 is 1.11 bits per heavy atom. The molecule has 1 N–H and O–H groups in total. The summed E-state index contributed by atoms with van der Waals surface area (Å²) in [6.45, 7) is 8.16. The highest BCUT2D eigenvalue weighted by molar-refractivity contribution is 7.86. The summed E-state index contributed by atoms with van der Waals surface area (Å²) >= 11 is 0. The van der Waals surface area contributed by atoms with E-state index in [4.69, 9.17) is 0 Å². The summed E-state index contributed by atoms with van der Waals surface area (Å²) in [5.74, 6) is 0.932. The first kappa shape index (κ1) is 13.8. The van der Waals surface area contributed by atoms with Crippen LogP contribution in [0.3, 0.4) is 0 Å². The van der Waals surface area contributed by atoms with E-state index in [2.05, 4.69) is 19.2 Å². The molecule has 3 saturated heterocycles. The molecule has 0 aromatic carbocycles. The summed E-state index contributed by atoms with van der Waals surface area (Å²) in [7, 11) is -3.27. The predicted octanol–water partition coefficient (Wildman–Crippen LogP) is 0.647. The van der Waals surface area contributed by atoms with E-state index in [0.717, 1.165) is 32.4 Å². The zero-order valence-corrected chi connectivity index (χ0v) is 12.7. The average Bonchev–Trinajstić information content (AvgIpc) is 2.93. The SMILES string of the molecule is CC1(C)C2CNCC2CN1S(=O)(=O)N1CCCCC1. The van der Waals surface area contributed by atoms with Gasteiger partial charge in [-0.25, -0.2) is 0 Å². The van der Waals surface area contributed by atoms with Gasteiger partial charge in [-0.05, 0) is 45.1 Å². The first-order valence-corrected chi connectivity index (χ1v) is 8.82. The maximum atomic E-state index is 12.9. The zero-order valence-electron chi connectivity index (χ0n) is 11.9. The molecule has 110 valence electrons. The van der Waals surface area contributed by atoms with Crippen LogP contribution in [-0.2, 0) is 10.2 Å². The van der Waals surface area contributed by atoms with Gasteiger partial charge in [0, 0.05) is 31.7 Å². The molecule has 3 aliphatic rings. The lowest BCUT2D eigenvalue weighted by Gasteiger charge is -2.38. The lowest BCUT2D eigenvalue weighted by molar-refractivity contribution is 0.211. The molecule has 5 nitrogen and oxygen atoms in total. The molecule has 0 aliphatic carbocycles. The van der Waals surface area contributed by atoms with Gasteiger partial charge in [0.05, 0.1) is 0 Å². The molecule has 2 atom stereocenters. The van der Waals surface area contributed by atoms with E-state index in [0.29, 0.717) is 31.5 Å². The normalized spacial score (nSPS) is 36.5. The Kier molecular flexibility index (Phi) is 3.40. The van der Waals surface area contributed by atoms with Crippen LogP contribution in [0.25, 0.3) is 0 Å². The molecule has 0 aromatic heterocycles. The van der Waals surface area contributed by atoms with Crippen LogP contribution < -0.4 is 5.32 Å². The van der Waals surface area contributed by atoms with Crippen molar-refractivity contribution >= 4 is 10.2 Å². The van der Waals surface area contributed by atoms with E-state index in [-0.39, 0.29) is 5.54 Å². The number of nitrogens with zero attached hydrogens (tertiary/aromatic N) is 2. The first-order chi connectivity index (χ1) is 8.94. The second-order valence-electron chi connectivity index (χ2n) is 6.68. The molecule has 2 unspecified atom stereocenters. The van der Waals surface area contributed by atoms with Gasteiger partial charge in [0.15, 0.2) is 0 Å². The summed E-state index contributed by atoms with van der Waals surface area (Å²) in [5, 5.41) is 3.40. The predicted molar refractivity (Wildman–Crippen MR) is 75.0 cm³/mol. The van der Waals surface area contributed by atoms with E-state index in [9.17, 15) is 8.42 Å². The molecule has 0 amide bonds. The highest BCUT2D eigenvalue weighted by Gasteiger charge is 2.54. The molecule has 0 spiro atoms. The Morgan fingerprint density at radius 3 is 2.42 bits per heavy atom. The van der Waals surface area contributed by atoms with Gasteiger partial charge in [0.1, 0.15) is 0 Å². The number of nitrogens with one attached hydrogen (secondary N) is 1. The summed E-state index contributed by atoms with van der Waals surface area (Å²) < 4.78 is 29.2. The molecule has 0 aromatic rings. The van der Waals surface area contributed by atoms with Gasteiger partial charge in [-0.3, -0.25) is 0 Å². The maximum absolute atomic E-state index is 12.9. The fourth-order valence-corrected chi connectivity index (χ4v) is 6.12. The highest BCUT2D eigenvalue weighted by Crippen LogP contribution is 2.43. The first-order valence-electron chi connectivity index (χ1n) is 7.42. The van der Waals surface area contributed by atoms with E-state index in [1.807, 2.05) is 0 Å². The van der Waals surface area contributed by atoms with Crippen molar-refractivity contribution in [3.8, 4) is 0 Å². The van der Waals surface area contributed by atoms with Crippen molar-refractivity contribution < 1.29 is 8.42 Å². The number of rotatable bonds is 2. The topological polar surface area (TPSA) is 52.7 Å². The van der Waals surface area contributed by atoms with Crippen molar-refractivity contribution in [3.63, 3.8) is 0 Å². The molecule has 3 rings (SSSR count). The van der Waals surface area contributed by atoms with Gasteiger partial charge >= 0.3 is 0 Å². The summed E-state index contributed by atoms with van der Waals surface area (Å²) in [4.78, 5) is 0. The molecule has 6 heteroatoms. The second-order valence-corrected chi connectivity index (χ2v) is 8.53. The van der Waals surface area contributed by atoms with Crippen LogP contribution in [0, 0.1) is 11.8 Å². The fourth-order valence-electron chi connectivity index (χ4n) is 4.01. The van der Waals surface area contributed by atoms with Crippen LogP contribution >= 0.6 is 0 Å². The largest absolute Gasteiger partial charge is 0.316 e. The Morgan fingerprint density at radius 2 is 1.79 bits per heavy atom. The standard InChI is InChI=1S/C13H25N3O2S/c1-13(2)12-9-14-8-11(12)10-16(13)19(17,18)15-6-4-3-5-7-15/h11-12,14H,3-10H2,1-2H3. The van der Waals surface area contributed by atoms with E-state index in [1.54, 1.807) is 8.61 Å². The highest BCUT2D eigenvalue weighted by atomic mass is 32.2. The summed E-state index contributed by atoms with van der Waals surface area (Å²) in [6, 6.07) is 0. The van der Waals surface area contributed by atoms with Crippen molar-refractivity contribution in [2.24, 2.45) is 11.8 Å². The quantitative estimate of drug-likeness (QED) is 0.811. The molecule has 0 saturated carbocycles. The molecule has 3 aliphatic heterocycles. The van der Waals surface area contributed by atoms with E-state index in [1.165, 1.54) is 0 Å². The summed E-state index contributed by atoms with van der Waals surface area (Å²) in [6.07, 6.45) is 3.16. The fraction of sp³-hybridized carbons (Fsp3) is 1.00. The number of hydrogen-bond acceptors (Lipinski definition) is 3. The number of hydrogen-bond donors (Lipinski definition) is 1. The smallest absolute Gasteiger partial charge is 0.282 e. The third kappa shape index (κ3) is 2.13. The number of fused-ring (bicyclic) bond motifs is 1. The van der Waals surface area contributed by atoms with Crippen molar-refractivity contribution in [1.29, 1.82) is 0 Å². The zero-order chi connectivity index (χ0) is 13.7. The third-order valence-corrected chi connectivity index (χ3v) is 7.40. The Balaban J connectivity index is 1.85. The lowest BCUT2D eigenvalue weighted by Crippen LogP contribution is -2.53. The van der Waals surface area contributed by atoms with Crippen molar-refractivity contribution in [2.45, 2.75) is 38.6 Å². The van der Waals surface area contributed by atoms with Gasteiger partial charge in [0.2, 0.25) is 0 Å². The van der Waals surface area contributed by atoms with E-state index < -0.39 is 10.2 Å². The Labute approximate surface area is 116 Å². The molecule has 3 fully saturated rings. The minimum Gasteiger partial charge on any atom is -0.316 e. The van der Waals surface area contributed by atoms with Crippen molar-refractivity contribution in [3.05, 3.63) is 0 Å². The van der Waals surface area contributed by atoms with Crippen LogP contribution in [0.2, 0.25) is 0 Å². The van der Waals surface area contributed by atoms with Crippen LogP contribution in [0.5, 0.6) is 0 Å².